The minimum atomic E-state index is 0.388. The van der Waals surface area contributed by atoms with Gasteiger partial charge in [-0.15, -0.1) is 0 Å². The van der Waals surface area contributed by atoms with Gasteiger partial charge in [0.2, 0.25) is 0 Å². The van der Waals surface area contributed by atoms with E-state index in [-0.39, 0.29) is 0 Å². The molecule has 0 saturated heterocycles. The molecule has 0 spiro atoms. The van der Waals surface area contributed by atoms with Crippen LogP contribution in [0, 0.1) is 0 Å². The number of rotatable bonds is 6. The Kier molecular flexibility index (Phi) is 7.87. The van der Waals surface area contributed by atoms with Crippen LogP contribution in [-0.2, 0) is 0 Å². The summed E-state index contributed by atoms with van der Waals surface area (Å²) in [6.07, 6.45) is 9.21. The van der Waals surface area contributed by atoms with E-state index in [1.54, 1.807) is 0 Å². The highest BCUT2D eigenvalue weighted by atomic mass is 15.2. The van der Waals surface area contributed by atoms with Crippen LogP contribution in [0.3, 0.4) is 0 Å². The van der Waals surface area contributed by atoms with Gasteiger partial charge >= 0.3 is 0 Å². The van der Waals surface area contributed by atoms with Gasteiger partial charge in [-0.1, -0.05) is 32.6 Å². The van der Waals surface area contributed by atoms with Crippen LogP contribution >= 0.6 is 0 Å². The molecule has 108 valence electrons. The Morgan fingerprint density at radius 1 is 0.944 bits per heavy atom. The lowest BCUT2D eigenvalue weighted by atomic mass is 9.91. The van der Waals surface area contributed by atoms with E-state index in [1.165, 1.54) is 58.0 Å². The third-order valence-electron chi connectivity index (χ3n) is 4.10. The van der Waals surface area contributed by atoms with Crippen molar-refractivity contribution in [1.82, 2.24) is 9.80 Å². The van der Waals surface area contributed by atoms with Gasteiger partial charge in [0.1, 0.15) is 0 Å². The van der Waals surface area contributed by atoms with E-state index >= 15 is 0 Å². The molecule has 0 aromatic heterocycles. The molecule has 1 aliphatic carbocycles. The first-order valence-corrected chi connectivity index (χ1v) is 7.79. The van der Waals surface area contributed by atoms with Gasteiger partial charge in [0.15, 0.2) is 0 Å². The summed E-state index contributed by atoms with van der Waals surface area (Å²) in [4.78, 5) is 4.92. The molecule has 0 aliphatic heterocycles. The Morgan fingerprint density at radius 3 is 2.22 bits per heavy atom. The smallest absolute Gasteiger partial charge is 0.0247 e. The summed E-state index contributed by atoms with van der Waals surface area (Å²) in [6, 6.07) is 1.00. The summed E-state index contributed by atoms with van der Waals surface area (Å²) in [5.41, 5.74) is 6.43. The Morgan fingerprint density at radius 2 is 1.61 bits per heavy atom. The lowest BCUT2D eigenvalue weighted by Crippen LogP contribution is -2.50. The molecule has 0 aromatic rings. The molecule has 0 amide bonds. The highest BCUT2D eigenvalue weighted by molar-refractivity contribution is 4.84. The van der Waals surface area contributed by atoms with Gasteiger partial charge in [-0.3, -0.25) is 4.90 Å². The Bertz CT molecular complexity index is 206. The Hall–Kier alpha value is -0.120. The molecule has 2 unspecified atom stereocenters. The number of likely N-dealkylation sites (N-methyl/N-ethyl adjacent to an activating group) is 1. The number of nitrogens with zero attached hydrogens (tertiary/aromatic N) is 2. The van der Waals surface area contributed by atoms with Crippen LogP contribution in [-0.4, -0.2) is 55.6 Å². The maximum atomic E-state index is 6.43. The summed E-state index contributed by atoms with van der Waals surface area (Å²) >= 11 is 0. The molecule has 3 nitrogen and oxygen atoms in total. The summed E-state index contributed by atoms with van der Waals surface area (Å²) in [6.45, 7) is 5.78. The van der Waals surface area contributed by atoms with E-state index in [9.17, 15) is 0 Å². The molecule has 0 heterocycles. The Labute approximate surface area is 114 Å². The number of hydrogen-bond acceptors (Lipinski definition) is 3. The first kappa shape index (κ1) is 15.9. The van der Waals surface area contributed by atoms with E-state index in [0.717, 1.165) is 6.54 Å². The third-order valence-corrected chi connectivity index (χ3v) is 4.10. The first-order chi connectivity index (χ1) is 8.65. The average Bonchev–Trinajstić information content (AvgIpc) is 2.30. The van der Waals surface area contributed by atoms with Crippen molar-refractivity contribution < 1.29 is 0 Å². The van der Waals surface area contributed by atoms with Crippen molar-refractivity contribution in [1.29, 1.82) is 0 Å². The van der Waals surface area contributed by atoms with Crippen molar-refractivity contribution in [3.05, 3.63) is 0 Å². The second-order valence-electron chi connectivity index (χ2n) is 6.06. The van der Waals surface area contributed by atoms with Crippen molar-refractivity contribution in [3.8, 4) is 0 Å². The fraction of sp³-hybridized carbons (Fsp3) is 1.00. The summed E-state index contributed by atoms with van der Waals surface area (Å²) in [5.74, 6) is 0. The maximum absolute atomic E-state index is 6.43. The molecule has 0 radical (unpaired) electrons. The van der Waals surface area contributed by atoms with Crippen molar-refractivity contribution in [3.63, 3.8) is 0 Å². The third kappa shape index (κ3) is 5.68. The first-order valence-electron chi connectivity index (χ1n) is 7.79. The van der Waals surface area contributed by atoms with Crippen molar-refractivity contribution in [2.45, 2.75) is 64.0 Å². The summed E-state index contributed by atoms with van der Waals surface area (Å²) in [5, 5.41) is 0. The van der Waals surface area contributed by atoms with Crippen LogP contribution in [0.25, 0.3) is 0 Å². The second kappa shape index (κ2) is 8.89. The molecular formula is C15H33N3. The molecule has 0 aromatic carbocycles. The Balaban J connectivity index is 2.55. The highest BCUT2D eigenvalue weighted by Crippen LogP contribution is 2.21. The van der Waals surface area contributed by atoms with E-state index in [1.807, 2.05) is 0 Å². The fourth-order valence-corrected chi connectivity index (χ4v) is 3.01. The van der Waals surface area contributed by atoms with E-state index < -0.39 is 0 Å². The topological polar surface area (TPSA) is 32.5 Å². The molecule has 1 rings (SSSR count). The molecule has 0 bridgehead atoms. The van der Waals surface area contributed by atoms with Gasteiger partial charge in [-0.25, -0.2) is 0 Å². The SMILES string of the molecule is CCCN(CCN(C)C)C1CCCCCCC1N. The van der Waals surface area contributed by atoms with Gasteiger partial charge in [0, 0.05) is 25.2 Å². The predicted octanol–water partition coefficient (Wildman–Crippen LogP) is 2.31. The minimum Gasteiger partial charge on any atom is -0.326 e. The van der Waals surface area contributed by atoms with E-state index in [4.69, 9.17) is 5.73 Å². The van der Waals surface area contributed by atoms with Gasteiger partial charge in [0.05, 0.1) is 0 Å². The zero-order valence-corrected chi connectivity index (χ0v) is 12.7. The quantitative estimate of drug-likeness (QED) is 0.790. The van der Waals surface area contributed by atoms with Gasteiger partial charge < -0.3 is 10.6 Å². The lowest BCUT2D eigenvalue weighted by molar-refractivity contribution is 0.137. The normalized spacial score (nSPS) is 26.3. The molecule has 1 fully saturated rings. The van der Waals surface area contributed by atoms with Crippen molar-refractivity contribution in [2.75, 3.05) is 33.7 Å². The molecule has 18 heavy (non-hydrogen) atoms. The van der Waals surface area contributed by atoms with Gasteiger partial charge in [0.25, 0.3) is 0 Å². The molecule has 2 N–H and O–H groups in total. The molecular weight excluding hydrogens is 222 g/mol. The van der Waals surface area contributed by atoms with Crippen LogP contribution in [0.4, 0.5) is 0 Å². The lowest BCUT2D eigenvalue weighted by Gasteiger charge is -2.37. The molecule has 1 aliphatic rings. The number of hydrogen-bond donors (Lipinski definition) is 1. The summed E-state index contributed by atoms with van der Waals surface area (Å²) in [7, 11) is 4.31. The maximum Gasteiger partial charge on any atom is 0.0247 e. The van der Waals surface area contributed by atoms with E-state index in [0.29, 0.717) is 12.1 Å². The zero-order valence-electron chi connectivity index (χ0n) is 12.7. The average molecular weight is 255 g/mol. The molecule has 1 saturated carbocycles. The van der Waals surface area contributed by atoms with Crippen molar-refractivity contribution in [2.24, 2.45) is 5.73 Å². The van der Waals surface area contributed by atoms with Crippen LogP contribution in [0.1, 0.15) is 51.9 Å². The van der Waals surface area contributed by atoms with Crippen LogP contribution in [0.15, 0.2) is 0 Å². The molecule has 3 heteroatoms. The molecule has 2 atom stereocenters. The van der Waals surface area contributed by atoms with Gasteiger partial charge in [-0.05, 0) is 39.9 Å². The van der Waals surface area contributed by atoms with Crippen LogP contribution < -0.4 is 5.73 Å². The second-order valence-corrected chi connectivity index (χ2v) is 6.06. The van der Waals surface area contributed by atoms with Crippen LogP contribution in [0.2, 0.25) is 0 Å². The highest BCUT2D eigenvalue weighted by Gasteiger charge is 2.24. The summed E-state index contributed by atoms with van der Waals surface area (Å²) < 4.78 is 0. The minimum absolute atomic E-state index is 0.388. The van der Waals surface area contributed by atoms with Crippen molar-refractivity contribution >= 4 is 0 Å². The van der Waals surface area contributed by atoms with Gasteiger partial charge in [-0.2, -0.15) is 0 Å². The largest absolute Gasteiger partial charge is 0.326 e. The fourth-order valence-electron chi connectivity index (χ4n) is 3.01. The van der Waals surface area contributed by atoms with E-state index in [2.05, 4.69) is 30.8 Å². The predicted molar refractivity (Wildman–Crippen MR) is 79.9 cm³/mol. The monoisotopic (exact) mass is 255 g/mol. The zero-order chi connectivity index (χ0) is 13.4. The standard InChI is InChI=1S/C15H33N3/c1-4-11-18(13-12-17(2)3)15-10-8-6-5-7-9-14(15)16/h14-15H,4-13,16H2,1-3H3. The van der Waals surface area contributed by atoms with Crippen LogP contribution in [0.5, 0.6) is 0 Å². The number of nitrogens with two attached hydrogens (primary N) is 1.